The van der Waals surface area contributed by atoms with E-state index in [-0.39, 0.29) is 29.8 Å². The maximum Gasteiger partial charge on any atom is 0.311 e. The summed E-state index contributed by atoms with van der Waals surface area (Å²) >= 11 is 2.53. The van der Waals surface area contributed by atoms with Gasteiger partial charge in [0, 0.05) is 17.5 Å². The quantitative estimate of drug-likeness (QED) is 0.380. The minimum Gasteiger partial charge on any atom is -0.508 e. The zero-order valence-electron chi connectivity index (χ0n) is 16.5. The number of aromatic nitrogens is 4. The van der Waals surface area contributed by atoms with Crippen molar-refractivity contribution in [1.82, 2.24) is 19.7 Å². The van der Waals surface area contributed by atoms with Gasteiger partial charge in [0.1, 0.15) is 5.75 Å². The van der Waals surface area contributed by atoms with E-state index in [0.717, 1.165) is 5.56 Å². The van der Waals surface area contributed by atoms with E-state index in [1.54, 1.807) is 36.6 Å². The number of carbonyl (C=O) groups excluding carboxylic acids is 2. The van der Waals surface area contributed by atoms with Gasteiger partial charge >= 0.3 is 5.97 Å². The Bertz CT molecular complexity index is 1020. The van der Waals surface area contributed by atoms with E-state index in [1.807, 2.05) is 11.5 Å². The fourth-order valence-electron chi connectivity index (χ4n) is 2.60. The molecule has 0 fully saturated rings. The van der Waals surface area contributed by atoms with E-state index >= 15 is 0 Å². The molecule has 0 bridgehead atoms. The first kappa shape index (κ1) is 21.8. The Labute approximate surface area is 181 Å². The van der Waals surface area contributed by atoms with Gasteiger partial charge in [-0.05, 0) is 38.1 Å². The minimum absolute atomic E-state index is 0.0780. The van der Waals surface area contributed by atoms with Gasteiger partial charge in [-0.2, -0.15) is 0 Å². The van der Waals surface area contributed by atoms with E-state index in [0.29, 0.717) is 35.0 Å². The van der Waals surface area contributed by atoms with E-state index in [1.165, 1.54) is 23.1 Å². The lowest BCUT2D eigenvalue weighted by Gasteiger charge is -2.07. The lowest BCUT2D eigenvalue weighted by molar-refractivity contribution is -0.142. The number of rotatable bonds is 9. The number of ether oxygens (including phenoxy) is 1. The first-order chi connectivity index (χ1) is 14.5. The van der Waals surface area contributed by atoms with E-state index in [9.17, 15) is 14.7 Å². The number of hydrogen-bond acceptors (Lipinski definition) is 9. The minimum atomic E-state index is -0.348. The first-order valence-corrected chi connectivity index (χ1v) is 11.1. The van der Waals surface area contributed by atoms with Crippen molar-refractivity contribution in [2.75, 3.05) is 17.7 Å². The van der Waals surface area contributed by atoms with Gasteiger partial charge in [0.05, 0.1) is 24.5 Å². The van der Waals surface area contributed by atoms with Crippen molar-refractivity contribution >= 4 is 40.1 Å². The number of thioether (sulfide) groups is 1. The molecule has 0 saturated carbocycles. The summed E-state index contributed by atoms with van der Waals surface area (Å²) in [5.74, 6) is 0.415. The molecule has 3 rings (SSSR count). The fourth-order valence-corrected chi connectivity index (χ4v) is 4.12. The van der Waals surface area contributed by atoms with Crippen molar-refractivity contribution in [2.45, 2.75) is 32.0 Å². The van der Waals surface area contributed by atoms with Crippen LogP contribution < -0.4 is 5.32 Å². The van der Waals surface area contributed by atoms with Crippen LogP contribution in [0, 0.1) is 0 Å². The highest BCUT2D eigenvalue weighted by Gasteiger charge is 2.16. The van der Waals surface area contributed by atoms with Crippen LogP contribution in [0.2, 0.25) is 0 Å². The van der Waals surface area contributed by atoms with Crippen LogP contribution in [0.1, 0.15) is 19.5 Å². The van der Waals surface area contributed by atoms with Crippen molar-refractivity contribution in [3.63, 3.8) is 0 Å². The highest BCUT2D eigenvalue weighted by atomic mass is 32.2. The molecule has 0 aliphatic carbocycles. The van der Waals surface area contributed by atoms with Crippen LogP contribution in [0.5, 0.6) is 5.75 Å². The molecule has 0 unspecified atom stereocenters. The molecule has 11 heteroatoms. The lowest BCUT2D eigenvalue weighted by atomic mass is 10.2. The fraction of sp³-hybridized carbons (Fsp3) is 0.316. The number of amides is 1. The topological polar surface area (TPSA) is 119 Å². The molecule has 1 amide bonds. The highest BCUT2D eigenvalue weighted by molar-refractivity contribution is 7.99. The number of benzene rings is 1. The maximum atomic E-state index is 12.3. The first-order valence-electron chi connectivity index (χ1n) is 9.25. The van der Waals surface area contributed by atoms with E-state index in [2.05, 4.69) is 20.5 Å². The number of nitrogens with zero attached hydrogens (tertiary/aromatic N) is 4. The van der Waals surface area contributed by atoms with Crippen LogP contribution >= 0.6 is 23.1 Å². The van der Waals surface area contributed by atoms with Gasteiger partial charge in [-0.25, -0.2) is 4.98 Å². The number of esters is 1. The third-order valence-corrected chi connectivity index (χ3v) is 5.69. The summed E-state index contributed by atoms with van der Waals surface area (Å²) in [7, 11) is 0. The monoisotopic (exact) mass is 447 g/mol. The summed E-state index contributed by atoms with van der Waals surface area (Å²) in [5, 5.41) is 23.4. The molecule has 0 spiro atoms. The summed E-state index contributed by atoms with van der Waals surface area (Å²) in [6, 6.07) is 6.72. The largest absolute Gasteiger partial charge is 0.508 e. The van der Waals surface area contributed by atoms with Crippen molar-refractivity contribution in [3.05, 3.63) is 35.3 Å². The summed E-state index contributed by atoms with van der Waals surface area (Å²) in [6.07, 6.45) is 0.0780. The number of phenolic OH excluding ortho intramolecular Hbond substituents is 1. The lowest BCUT2D eigenvalue weighted by Crippen LogP contribution is -2.15. The van der Waals surface area contributed by atoms with Crippen LogP contribution in [-0.4, -0.2) is 49.1 Å². The van der Waals surface area contributed by atoms with Crippen LogP contribution in [0.3, 0.4) is 0 Å². The molecule has 2 N–H and O–H groups in total. The van der Waals surface area contributed by atoms with Gasteiger partial charge in [0.15, 0.2) is 16.1 Å². The third-order valence-electron chi connectivity index (χ3n) is 3.92. The molecule has 2 aromatic heterocycles. The predicted octanol–water partition coefficient (Wildman–Crippen LogP) is 2.96. The van der Waals surface area contributed by atoms with Crippen LogP contribution in [-0.2, 0) is 27.3 Å². The van der Waals surface area contributed by atoms with Crippen molar-refractivity contribution in [2.24, 2.45) is 0 Å². The Hall–Kier alpha value is -2.92. The van der Waals surface area contributed by atoms with Crippen LogP contribution in [0.4, 0.5) is 5.13 Å². The Morgan fingerprint density at radius 2 is 2.00 bits per heavy atom. The van der Waals surface area contributed by atoms with Gasteiger partial charge in [0.25, 0.3) is 0 Å². The molecule has 158 valence electrons. The summed E-state index contributed by atoms with van der Waals surface area (Å²) in [5.41, 5.74) is 1.39. The smallest absolute Gasteiger partial charge is 0.311 e. The van der Waals surface area contributed by atoms with Crippen LogP contribution in [0.15, 0.2) is 34.8 Å². The van der Waals surface area contributed by atoms with Gasteiger partial charge in [-0.1, -0.05) is 11.8 Å². The molecule has 3 aromatic rings. The normalized spacial score (nSPS) is 10.7. The number of hydrogen-bond donors (Lipinski definition) is 2. The van der Waals surface area contributed by atoms with Crippen molar-refractivity contribution in [1.29, 1.82) is 0 Å². The maximum absolute atomic E-state index is 12.3. The molecule has 0 aliphatic rings. The zero-order chi connectivity index (χ0) is 21.5. The number of nitrogens with one attached hydrogen (secondary N) is 1. The number of anilines is 1. The molecule has 0 saturated heterocycles. The highest BCUT2D eigenvalue weighted by Crippen LogP contribution is 2.25. The van der Waals surface area contributed by atoms with Crippen molar-refractivity contribution in [3.8, 4) is 17.1 Å². The zero-order valence-corrected chi connectivity index (χ0v) is 18.1. The number of carbonyl (C=O) groups is 2. The number of phenols is 1. The average Bonchev–Trinajstić information content (AvgIpc) is 3.33. The molecule has 1 aromatic carbocycles. The standard InChI is InChI=1S/C19H21N5O4S2/c1-3-24-17(12-5-7-14(25)8-6-12)22-23-19(24)30-11-15(26)21-18-20-13(10-29-18)9-16(27)28-4-2/h5-8,10,25H,3-4,9,11H2,1-2H3,(H,20,21,26). The summed E-state index contributed by atoms with van der Waals surface area (Å²) in [6.45, 7) is 4.67. The number of thiazole rings is 1. The Morgan fingerprint density at radius 1 is 1.23 bits per heavy atom. The third kappa shape index (κ3) is 5.57. The summed E-state index contributed by atoms with van der Waals surface area (Å²) in [4.78, 5) is 28.0. The average molecular weight is 448 g/mol. The Kier molecular flexibility index (Phi) is 7.41. The van der Waals surface area contributed by atoms with E-state index < -0.39 is 0 Å². The molecule has 0 radical (unpaired) electrons. The van der Waals surface area contributed by atoms with E-state index in [4.69, 9.17) is 4.74 Å². The van der Waals surface area contributed by atoms with Crippen LogP contribution in [0.25, 0.3) is 11.4 Å². The molecule has 9 nitrogen and oxygen atoms in total. The second kappa shape index (κ2) is 10.2. The predicted molar refractivity (Wildman–Crippen MR) is 115 cm³/mol. The van der Waals surface area contributed by atoms with Crippen molar-refractivity contribution < 1.29 is 19.4 Å². The summed E-state index contributed by atoms with van der Waals surface area (Å²) < 4.78 is 6.80. The SMILES string of the molecule is CCOC(=O)Cc1csc(NC(=O)CSc2nnc(-c3ccc(O)cc3)n2CC)n1. The molecule has 30 heavy (non-hydrogen) atoms. The second-order valence-corrected chi connectivity index (χ2v) is 7.86. The molecule has 0 atom stereocenters. The van der Waals surface area contributed by atoms with Gasteiger partial charge in [0.2, 0.25) is 5.91 Å². The molecular weight excluding hydrogens is 426 g/mol. The Balaban J connectivity index is 1.58. The molecular formula is C19H21N5O4S2. The van der Waals surface area contributed by atoms with Gasteiger partial charge in [-0.15, -0.1) is 21.5 Å². The molecule has 0 aliphatic heterocycles. The van der Waals surface area contributed by atoms with Gasteiger partial charge < -0.3 is 19.7 Å². The number of aromatic hydroxyl groups is 1. The molecule has 2 heterocycles. The van der Waals surface area contributed by atoms with Gasteiger partial charge in [-0.3, -0.25) is 9.59 Å². The Morgan fingerprint density at radius 3 is 2.70 bits per heavy atom. The second-order valence-electron chi connectivity index (χ2n) is 6.06.